The Bertz CT molecular complexity index is 652. The topological polar surface area (TPSA) is 170 Å². The molecule has 0 atom stereocenters. The first kappa shape index (κ1) is 13.8. The Hall–Kier alpha value is -2.63. The van der Waals surface area contributed by atoms with E-state index < -0.39 is 11.9 Å². The van der Waals surface area contributed by atoms with E-state index in [1.165, 1.54) is 0 Å². The van der Waals surface area contributed by atoms with E-state index in [0.29, 0.717) is 0 Å². The molecule has 2 rings (SSSR count). The van der Waals surface area contributed by atoms with Gasteiger partial charge >= 0.3 is 11.9 Å². The lowest BCUT2D eigenvalue weighted by Crippen LogP contribution is -2.09. The van der Waals surface area contributed by atoms with Gasteiger partial charge in [0.05, 0.1) is 11.4 Å². The van der Waals surface area contributed by atoms with Gasteiger partial charge in [-0.2, -0.15) is 4.68 Å². The number of aromatic nitrogens is 5. The van der Waals surface area contributed by atoms with Crippen LogP contribution < -0.4 is 5.73 Å². The molecule has 106 valence electrons. The monoisotopic (exact) mass is 300 g/mol. The third kappa shape index (κ3) is 2.69. The van der Waals surface area contributed by atoms with Crippen LogP contribution in [-0.4, -0.2) is 53.2 Å². The van der Waals surface area contributed by atoms with Gasteiger partial charge in [0.2, 0.25) is 11.6 Å². The second-order valence-electron chi connectivity index (χ2n) is 3.46. The zero-order chi connectivity index (χ0) is 14.7. The summed E-state index contributed by atoms with van der Waals surface area (Å²) in [4.78, 5) is 21.5. The number of nitrogen functional groups attached to an aromatic ring is 1. The van der Waals surface area contributed by atoms with Gasteiger partial charge in [0.25, 0.3) is 0 Å². The quantitative estimate of drug-likeness (QED) is 0.612. The number of nitrogens with two attached hydrogens (primary N) is 1. The number of thioether (sulfide) groups is 1. The van der Waals surface area contributed by atoms with Crippen LogP contribution in [-0.2, 0) is 10.5 Å². The molecule has 4 N–H and O–H groups in total. The lowest BCUT2D eigenvalue weighted by atomic mass is 10.3. The van der Waals surface area contributed by atoms with Crippen molar-refractivity contribution in [3.05, 3.63) is 11.4 Å². The number of aromatic carboxylic acids is 1. The fraction of sp³-hybridized carbons (Fsp3) is 0.250. The largest absolute Gasteiger partial charge is 0.481 e. The molecule has 12 heteroatoms. The average Bonchev–Trinajstić information content (AvgIpc) is 2.94. The first-order valence-electron chi connectivity index (χ1n) is 5.06. The SMILES string of the molecule is Nc1nonc1-n1nnc(C(=O)O)c1CSCC(=O)O. The number of hydrogen-bond donors (Lipinski definition) is 3. The summed E-state index contributed by atoms with van der Waals surface area (Å²) in [6.07, 6.45) is 0. The molecule has 0 saturated heterocycles. The number of hydrogen-bond acceptors (Lipinski definition) is 9. The Morgan fingerprint density at radius 1 is 1.35 bits per heavy atom. The third-order valence-electron chi connectivity index (χ3n) is 2.13. The molecule has 0 unspecified atom stereocenters. The number of carboxylic acids is 2. The summed E-state index contributed by atoms with van der Waals surface area (Å²) in [6, 6.07) is 0. The summed E-state index contributed by atoms with van der Waals surface area (Å²) in [5.41, 5.74) is 5.33. The van der Waals surface area contributed by atoms with Crippen LogP contribution in [0.1, 0.15) is 16.2 Å². The minimum absolute atomic E-state index is 0.00377. The molecular weight excluding hydrogens is 292 g/mol. The van der Waals surface area contributed by atoms with Crippen LogP contribution in [0.5, 0.6) is 0 Å². The molecule has 0 aliphatic carbocycles. The predicted octanol–water partition coefficient (Wildman–Crippen LogP) is -0.752. The third-order valence-corrected chi connectivity index (χ3v) is 3.05. The van der Waals surface area contributed by atoms with Crippen LogP contribution in [0.2, 0.25) is 0 Å². The molecule has 2 heterocycles. The number of anilines is 1. The Labute approximate surface area is 114 Å². The highest BCUT2D eigenvalue weighted by molar-refractivity contribution is 7.99. The van der Waals surface area contributed by atoms with Crippen molar-refractivity contribution in [1.82, 2.24) is 25.3 Å². The number of aliphatic carboxylic acids is 1. The van der Waals surface area contributed by atoms with E-state index >= 15 is 0 Å². The maximum absolute atomic E-state index is 11.1. The minimum Gasteiger partial charge on any atom is -0.481 e. The lowest BCUT2D eigenvalue weighted by molar-refractivity contribution is -0.133. The number of carboxylic acid groups (broad SMARTS) is 2. The zero-order valence-corrected chi connectivity index (χ0v) is 10.6. The lowest BCUT2D eigenvalue weighted by Gasteiger charge is -2.02. The van der Waals surface area contributed by atoms with Crippen LogP contribution in [0.15, 0.2) is 4.63 Å². The number of carbonyl (C=O) groups is 2. The van der Waals surface area contributed by atoms with Gasteiger partial charge in [0.15, 0.2) is 5.69 Å². The molecule has 0 spiro atoms. The Morgan fingerprint density at radius 3 is 2.65 bits per heavy atom. The molecule has 11 nitrogen and oxygen atoms in total. The fourth-order valence-corrected chi connectivity index (χ4v) is 2.07. The van der Waals surface area contributed by atoms with Crippen molar-refractivity contribution < 1.29 is 24.4 Å². The van der Waals surface area contributed by atoms with Gasteiger partial charge in [-0.3, -0.25) is 4.79 Å². The molecule has 0 aliphatic rings. The van der Waals surface area contributed by atoms with E-state index in [1.807, 2.05) is 0 Å². The standard InChI is InChI=1S/C8H8N6O5S/c9-6-7(12-19-11-6)14-3(1-20-2-4(15)16)5(8(17)18)10-13-14/h1-2H2,(H2,9,11)(H,15,16)(H,17,18). The summed E-state index contributed by atoms with van der Waals surface area (Å²) in [6.45, 7) is 0. The van der Waals surface area contributed by atoms with E-state index in [9.17, 15) is 9.59 Å². The maximum Gasteiger partial charge on any atom is 0.358 e. The van der Waals surface area contributed by atoms with Crippen molar-refractivity contribution in [3.8, 4) is 5.82 Å². The minimum atomic E-state index is -1.29. The van der Waals surface area contributed by atoms with Gasteiger partial charge in [0, 0.05) is 5.75 Å². The van der Waals surface area contributed by atoms with Crippen molar-refractivity contribution >= 4 is 29.5 Å². The normalized spacial score (nSPS) is 10.6. The van der Waals surface area contributed by atoms with Crippen molar-refractivity contribution in [3.63, 3.8) is 0 Å². The molecule has 0 radical (unpaired) electrons. The number of rotatable bonds is 6. The predicted molar refractivity (Wildman–Crippen MR) is 64.4 cm³/mol. The fourth-order valence-electron chi connectivity index (χ4n) is 1.34. The van der Waals surface area contributed by atoms with Gasteiger partial charge < -0.3 is 15.9 Å². The summed E-state index contributed by atoms with van der Waals surface area (Å²) >= 11 is 0.985. The summed E-state index contributed by atoms with van der Waals surface area (Å²) < 4.78 is 5.46. The summed E-state index contributed by atoms with van der Waals surface area (Å²) in [5.74, 6) is -2.55. The van der Waals surface area contributed by atoms with Crippen molar-refractivity contribution in [1.29, 1.82) is 0 Å². The van der Waals surface area contributed by atoms with Gasteiger partial charge in [-0.1, -0.05) is 5.21 Å². The molecule has 2 aromatic rings. The highest BCUT2D eigenvalue weighted by Gasteiger charge is 2.23. The molecule has 0 aliphatic heterocycles. The summed E-state index contributed by atoms with van der Waals surface area (Å²) in [7, 11) is 0. The molecule has 0 bridgehead atoms. The van der Waals surface area contributed by atoms with E-state index in [2.05, 4.69) is 25.3 Å². The van der Waals surface area contributed by atoms with Crippen molar-refractivity contribution in [2.45, 2.75) is 5.75 Å². The van der Waals surface area contributed by atoms with Gasteiger partial charge in [-0.25, -0.2) is 9.42 Å². The van der Waals surface area contributed by atoms with E-state index in [1.54, 1.807) is 0 Å². The second kappa shape index (κ2) is 5.56. The average molecular weight is 300 g/mol. The Kier molecular flexibility index (Phi) is 3.84. The highest BCUT2D eigenvalue weighted by Crippen LogP contribution is 2.20. The van der Waals surface area contributed by atoms with Crippen LogP contribution in [0.4, 0.5) is 5.82 Å². The van der Waals surface area contributed by atoms with Gasteiger partial charge in [0.1, 0.15) is 0 Å². The second-order valence-corrected chi connectivity index (χ2v) is 4.45. The maximum atomic E-state index is 11.1. The molecule has 0 amide bonds. The molecule has 20 heavy (non-hydrogen) atoms. The Balaban J connectivity index is 2.35. The van der Waals surface area contributed by atoms with E-state index in [0.717, 1.165) is 16.4 Å². The first-order chi connectivity index (χ1) is 9.50. The molecule has 2 aromatic heterocycles. The molecule has 0 saturated carbocycles. The summed E-state index contributed by atoms with van der Waals surface area (Å²) in [5, 5.41) is 31.6. The molecular formula is C8H8N6O5S. The van der Waals surface area contributed by atoms with Gasteiger partial charge in [-0.15, -0.1) is 16.9 Å². The smallest absolute Gasteiger partial charge is 0.358 e. The van der Waals surface area contributed by atoms with E-state index in [-0.39, 0.29) is 34.5 Å². The first-order valence-corrected chi connectivity index (χ1v) is 6.22. The van der Waals surface area contributed by atoms with Crippen LogP contribution in [0.3, 0.4) is 0 Å². The van der Waals surface area contributed by atoms with Crippen molar-refractivity contribution in [2.75, 3.05) is 11.5 Å². The van der Waals surface area contributed by atoms with Crippen LogP contribution in [0.25, 0.3) is 5.82 Å². The zero-order valence-electron chi connectivity index (χ0n) is 9.76. The molecule has 0 aromatic carbocycles. The van der Waals surface area contributed by atoms with Crippen molar-refractivity contribution in [2.24, 2.45) is 0 Å². The van der Waals surface area contributed by atoms with Crippen LogP contribution in [0, 0.1) is 0 Å². The van der Waals surface area contributed by atoms with Gasteiger partial charge in [-0.05, 0) is 10.3 Å². The molecule has 0 fully saturated rings. The Morgan fingerprint density at radius 2 is 2.10 bits per heavy atom. The van der Waals surface area contributed by atoms with Crippen LogP contribution >= 0.6 is 11.8 Å². The number of nitrogens with zero attached hydrogens (tertiary/aromatic N) is 5. The van der Waals surface area contributed by atoms with E-state index in [4.69, 9.17) is 15.9 Å². The highest BCUT2D eigenvalue weighted by atomic mass is 32.2.